The van der Waals surface area contributed by atoms with Crippen LogP contribution in [0.2, 0.25) is 0 Å². The van der Waals surface area contributed by atoms with Gasteiger partial charge in [-0.05, 0) is 56.2 Å². The third-order valence-electron chi connectivity index (χ3n) is 5.76. The smallest absolute Gasteiger partial charge is 0.102 e. The van der Waals surface area contributed by atoms with E-state index < -0.39 is 0 Å². The minimum absolute atomic E-state index is 0.525. The summed E-state index contributed by atoms with van der Waals surface area (Å²) in [5.41, 5.74) is 6.98. The Labute approximate surface area is 156 Å². The predicted molar refractivity (Wildman–Crippen MR) is 108 cm³/mol. The summed E-state index contributed by atoms with van der Waals surface area (Å²) in [7, 11) is 0. The number of unbranched alkanes of at least 4 members (excludes halogenated alkanes) is 1. The first-order chi connectivity index (χ1) is 12.7. The highest BCUT2D eigenvalue weighted by Crippen LogP contribution is 2.42. The molecule has 1 aliphatic carbocycles. The molecule has 1 saturated carbocycles. The minimum Gasteiger partial charge on any atom is -0.336 e. The summed E-state index contributed by atoms with van der Waals surface area (Å²) < 4.78 is 2.47. The summed E-state index contributed by atoms with van der Waals surface area (Å²) >= 11 is 0. The van der Waals surface area contributed by atoms with Gasteiger partial charge in [-0.3, -0.25) is 0 Å². The maximum Gasteiger partial charge on any atom is 0.102 e. The summed E-state index contributed by atoms with van der Waals surface area (Å²) in [6.45, 7) is 4.34. The zero-order valence-corrected chi connectivity index (χ0v) is 15.8. The molecule has 0 unspecified atom stereocenters. The van der Waals surface area contributed by atoms with E-state index in [0.717, 1.165) is 28.6 Å². The molecule has 0 saturated heterocycles. The second kappa shape index (κ2) is 7.00. The Morgan fingerprint density at radius 2 is 1.88 bits per heavy atom. The molecule has 1 fully saturated rings. The van der Waals surface area contributed by atoms with E-state index in [2.05, 4.69) is 66.9 Å². The number of aryl methyl sites for hydroxylation is 2. The second-order valence-corrected chi connectivity index (χ2v) is 7.61. The van der Waals surface area contributed by atoms with Gasteiger partial charge in [-0.15, -0.1) is 0 Å². The first-order valence-corrected chi connectivity index (χ1v) is 9.87. The van der Waals surface area contributed by atoms with Gasteiger partial charge in [0, 0.05) is 11.4 Å². The molecular formula is C24H26N2. The van der Waals surface area contributed by atoms with Crippen molar-refractivity contribution in [2.45, 2.75) is 58.4 Å². The van der Waals surface area contributed by atoms with Crippen molar-refractivity contribution in [1.29, 1.82) is 5.26 Å². The maximum atomic E-state index is 9.97. The van der Waals surface area contributed by atoms with Crippen molar-refractivity contribution < 1.29 is 0 Å². The molecule has 1 aromatic heterocycles. The normalized spacial score (nSPS) is 14.3. The van der Waals surface area contributed by atoms with E-state index in [9.17, 15) is 5.26 Å². The van der Waals surface area contributed by atoms with E-state index >= 15 is 0 Å². The Balaban J connectivity index is 1.96. The molecule has 2 aromatic carbocycles. The fourth-order valence-electron chi connectivity index (χ4n) is 4.03. The van der Waals surface area contributed by atoms with Crippen LogP contribution in [0.25, 0.3) is 22.2 Å². The summed E-state index contributed by atoms with van der Waals surface area (Å²) in [5, 5.41) is 11.1. The van der Waals surface area contributed by atoms with Gasteiger partial charge >= 0.3 is 0 Å². The SMILES string of the molecule is CCCCc1ccc2c(C#N)c(-c3ccc(C)cc3)n(C3CCC3)c2c1. The highest BCUT2D eigenvalue weighted by atomic mass is 15.0. The first-order valence-electron chi connectivity index (χ1n) is 9.87. The topological polar surface area (TPSA) is 28.7 Å². The second-order valence-electron chi connectivity index (χ2n) is 7.61. The number of hydrogen-bond acceptors (Lipinski definition) is 1. The van der Waals surface area contributed by atoms with Crippen LogP contribution < -0.4 is 0 Å². The van der Waals surface area contributed by atoms with E-state index in [1.807, 2.05) is 0 Å². The van der Waals surface area contributed by atoms with Gasteiger partial charge in [-0.2, -0.15) is 5.26 Å². The molecular weight excluding hydrogens is 316 g/mol. The van der Waals surface area contributed by atoms with Crippen LogP contribution in [-0.4, -0.2) is 4.57 Å². The Morgan fingerprint density at radius 3 is 2.50 bits per heavy atom. The van der Waals surface area contributed by atoms with Crippen molar-refractivity contribution in [3.8, 4) is 17.3 Å². The maximum absolute atomic E-state index is 9.97. The molecule has 0 spiro atoms. The van der Waals surface area contributed by atoms with Gasteiger partial charge in [-0.1, -0.05) is 55.3 Å². The fourth-order valence-corrected chi connectivity index (χ4v) is 4.03. The summed E-state index contributed by atoms with van der Waals surface area (Å²) in [4.78, 5) is 0. The lowest BCUT2D eigenvalue weighted by molar-refractivity contribution is 0.324. The highest BCUT2D eigenvalue weighted by molar-refractivity contribution is 5.95. The van der Waals surface area contributed by atoms with Crippen molar-refractivity contribution in [1.82, 2.24) is 4.57 Å². The van der Waals surface area contributed by atoms with Gasteiger partial charge in [0.15, 0.2) is 0 Å². The standard InChI is InChI=1S/C24H26N2/c1-3-4-6-18-11-14-21-22(16-25)24(19-12-9-17(2)10-13-19)26(23(21)15-18)20-7-5-8-20/h9-15,20H,3-8H2,1-2H3. The van der Waals surface area contributed by atoms with Crippen LogP contribution >= 0.6 is 0 Å². The molecule has 132 valence electrons. The third-order valence-corrected chi connectivity index (χ3v) is 5.76. The zero-order chi connectivity index (χ0) is 18.1. The van der Waals surface area contributed by atoms with Crippen LogP contribution in [-0.2, 0) is 6.42 Å². The lowest BCUT2D eigenvalue weighted by atomic mass is 9.92. The van der Waals surface area contributed by atoms with E-state index in [-0.39, 0.29) is 0 Å². The molecule has 26 heavy (non-hydrogen) atoms. The van der Waals surface area contributed by atoms with E-state index in [0.29, 0.717) is 6.04 Å². The Bertz CT molecular complexity index is 966. The van der Waals surface area contributed by atoms with Crippen molar-refractivity contribution in [2.24, 2.45) is 0 Å². The molecule has 3 aromatic rings. The van der Waals surface area contributed by atoms with Crippen LogP contribution in [0.3, 0.4) is 0 Å². The number of rotatable bonds is 5. The quantitative estimate of drug-likeness (QED) is 0.516. The molecule has 1 aliphatic rings. The highest BCUT2D eigenvalue weighted by Gasteiger charge is 2.27. The third kappa shape index (κ3) is 2.82. The molecule has 0 N–H and O–H groups in total. The Morgan fingerprint density at radius 1 is 1.12 bits per heavy atom. The van der Waals surface area contributed by atoms with Gasteiger partial charge in [-0.25, -0.2) is 0 Å². The lowest BCUT2D eigenvalue weighted by Gasteiger charge is -2.30. The first kappa shape index (κ1) is 16.9. The Hall–Kier alpha value is -2.53. The number of nitriles is 1. The van der Waals surface area contributed by atoms with Gasteiger partial charge in [0.05, 0.1) is 16.8 Å². The molecule has 0 atom stereocenters. The van der Waals surface area contributed by atoms with Crippen molar-refractivity contribution in [2.75, 3.05) is 0 Å². The Kier molecular flexibility index (Phi) is 4.55. The zero-order valence-electron chi connectivity index (χ0n) is 15.8. The number of aromatic nitrogens is 1. The molecule has 0 radical (unpaired) electrons. The summed E-state index contributed by atoms with van der Waals surface area (Å²) in [6, 6.07) is 18.4. The van der Waals surface area contributed by atoms with Crippen LogP contribution in [0.1, 0.15) is 61.8 Å². The van der Waals surface area contributed by atoms with E-state index in [1.165, 1.54) is 48.7 Å². The molecule has 0 aliphatic heterocycles. The van der Waals surface area contributed by atoms with Crippen LogP contribution in [0.15, 0.2) is 42.5 Å². The molecule has 0 bridgehead atoms. The molecule has 0 amide bonds. The van der Waals surface area contributed by atoms with Gasteiger partial charge in [0.25, 0.3) is 0 Å². The van der Waals surface area contributed by atoms with Crippen molar-refractivity contribution >= 4 is 10.9 Å². The number of nitrogens with zero attached hydrogens (tertiary/aromatic N) is 2. The fraction of sp³-hybridized carbons (Fsp3) is 0.375. The number of benzene rings is 2. The summed E-state index contributed by atoms with van der Waals surface area (Å²) in [6.07, 6.45) is 7.25. The van der Waals surface area contributed by atoms with Crippen LogP contribution in [0.4, 0.5) is 0 Å². The molecule has 1 heterocycles. The average Bonchev–Trinajstić information content (AvgIpc) is 2.93. The van der Waals surface area contributed by atoms with E-state index in [1.54, 1.807) is 0 Å². The largest absolute Gasteiger partial charge is 0.336 e. The molecule has 4 rings (SSSR count). The van der Waals surface area contributed by atoms with Crippen molar-refractivity contribution in [3.63, 3.8) is 0 Å². The van der Waals surface area contributed by atoms with Crippen molar-refractivity contribution in [3.05, 3.63) is 59.2 Å². The summed E-state index contributed by atoms with van der Waals surface area (Å²) in [5.74, 6) is 0. The predicted octanol–water partition coefficient (Wildman–Crippen LogP) is 6.56. The monoisotopic (exact) mass is 342 g/mol. The number of fused-ring (bicyclic) bond motifs is 1. The molecule has 2 nitrogen and oxygen atoms in total. The molecule has 2 heteroatoms. The average molecular weight is 342 g/mol. The van der Waals surface area contributed by atoms with Crippen LogP contribution in [0.5, 0.6) is 0 Å². The van der Waals surface area contributed by atoms with Crippen LogP contribution in [0, 0.1) is 18.3 Å². The van der Waals surface area contributed by atoms with Gasteiger partial charge in [0.2, 0.25) is 0 Å². The van der Waals surface area contributed by atoms with E-state index in [4.69, 9.17) is 0 Å². The lowest BCUT2D eigenvalue weighted by Crippen LogP contribution is -2.17. The minimum atomic E-state index is 0.525. The van der Waals surface area contributed by atoms with Gasteiger partial charge < -0.3 is 4.57 Å². The van der Waals surface area contributed by atoms with Gasteiger partial charge in [0.1, 0.15) is 6.07 Å². The number of hydrogen-bond donors (Lipinski definition) is 0.